The number of benzene rings is 1. The summed E-state index contributed by atoms with van der Waals surface area (Å²) in [5.41, 5.74) is 0.845. The van der Waals surface area contributed by atoms with E-state index in [0.29, 0.717) is 11.1 Å². The van der Waals surface area contributed by atoms with E-state index in [1.54, 1.807) is 6.92 Å². The van der Waals surface area contributed by atoms with Crippen molar-refractivity contribution < 1.29 is 18.9 Å². The Bertz CT molecular complexity index is 892. The quantitative estimate of drug-likeness (QED) is 0.395. The molecule has 0 fully saturated rings. The molecule has 25 heavy (non-hydrogen) atoms. The van der Waals surface area contributed by atoms with Crippen molar-refractivity contribution in [2.45, 2.75) is 13.0 Å². The summed E-state index contributed by atoms with van der Waals surface area (Å²) >= 11 is 0. The lowest BCUT2D eigenvalue weighted by Crippen LogP contribution is -2.09. The third kappa shape index (κ3) is 3.66. The Labute approximate surface area is 141 Å². The molecular formula is C16H12N4O5. The smallest absolute Gasteiger partial charge is 0.339 e. The molecule has 0 N–H and O–H groups in total. The molecule has 2 aromatic heterocycles. The van der Waals surface area contributed by atoms with Gasteiger partial charge in [-0.2, -0.15) is 0 Å². The first kappa shape index (κ1) is 16.2. The van der Waals surface area contributed by atoms with Gasteiger partial charge in [0.2, 0.25) is 5.89 Å². The van der Waals surface area contributed by atoms with Gasteiger partial charge >= 0.3 is 5.97 Å². The molecule has 0 bridgehead atoms. The number of nitro benzene ring substituents is 1. The van der Waals surface area contributed by atoms with Crippen molar-refractivity contribution in [1.29, 1.82) is 0 Å². The lowest BCUT2D eigenvalue weighted by molar-refractivity contribution is -0.384. The second-order valence-corrected chi connectivity index (χ2v) is 5.03. The number of ether oxygens (including phenoxy) is 1. The van der Waals surface area contributed by atoms with Crippen LogP contribution < -0.4 is 0 Å². The van der Waals surface area contributed by atoms with Gasteiger partial charge in [-0.1, -0.05) is 0 Å². The summed E-state index contributed by atoms with van der Waals surface area (Å²) in [6.07, 6.45) is 2.22. The first-order valence-corrected chi connectivity index (χ1v) is 7.24. The van der Waals surface area contributed by atoms with Gasteiger partial charge in [0.05, 0.1) is 10.5 Å². The highest BCUT2D eigenvalue weighted by Crippen LogP contribution is 2.24. The predicted octanol–water partition coefficient (Wildman–Crippen LogP) is 2.96. The van der Waals surface area contributed by atoms with Crippen molar-refractivity contribution >= 4 is 11.7 Å². The van der Waals surface area contributed by atoms with Crippen molar-refractivity contribution in [1.82, 2.24) is 15.2 Å². The summed E-state index contributed by atoms with van der Waals surface area (Å²) in [7, 11) is 0. The van der Waals surface area contributed by atoms with E-state index in [2.05, 4.69) is 15.2 Å². The molecule has 2 heterocycles. The summed E-state index contributed by atoms with van der Waals surface area (Å²) in [6.45, 7) is 1.60. The lowest BCUT2D eigenvalue weighted by atomic mass is 10.2. The van der Waals surface area contributed by atoms with Crippen LogP contribution in [0.15, 0.2) is 53.2 Å². The molecule has 3 aromatic rings. The first-order valence-electron chi connectivity index (χ1n) is 7.24. The maximum atomic E-state index is 12.0. The number of carbonyl (C=O) groups is 1. The zero-order valence-corrected chi connectivity index (χ0v) is 13.0. The minimum atomic E-state index is -0.750. The summed E-state index contributed by atoms with van der Waals surface area (Å²) in [5, 5.41) is 18.4. The average Bonchev–Trinajstić information content (AvgIpc) is 3.13. The largest absolute Gasteiger partial charge is 0.449 e. The number of aromatic nitrogens is 3. The number of esters is 1. The van der Waals surface area contributed by atoms with Crippen LogP contribution in [0.4, 0.5) is 5.69 Å². The fourth-order valence-corrected chi connectivity index (χ4v) is 2.01. The third-order valence-corrected chi connectivity index (χ3v) is 3.31. The number of hydrogen-bond donors (Lipinski definition) is 0. The predicted molar refractivity (Wildman–Crippen MR) is 84.5 cm³/mol. The normalized spacial score (nSPS) is 11.7. The molecule has 9 nitrogen and oxygen atoms in total. The van der Waals surface area contributed by atoms with E-state index in [1.165, 1.54) is 48.8 Å². The van der Waals surface area contributed by atoms with Gasteiger partial charge in [-0.25, -0.2) is 4.79 Å². The fraction of sp³-hybridized carbons (Fsp3) is 0.125. The van der Waals surface area contributed by atoms with E-state index in [4.69, 9.17) is 9.15 Å². The standard InChI is InChI=1S/C16H12N4O5/c1-10(24-16(21)12-6-8-17-9-7-12)14-18-19-15(25-14)11-2-4-13(5-3-11)20(22)23/h2-10H,1H3/t10-/m1/s1. The second-order valence-electron chi connectivity index (χ2n) is 5.03. The van der Waals surface area contributed by atoms with Crippen LogP contribution >= 0.6 is 0 Å². The molecule has 126 valence electrons. The molecule has 1 aromatic carbocycles. The van der Waals surface area contributed by atoms with Crippen LogP contribution in [-0.4, -0.2) is 26.1 Å². The molecule has 0 saturated carbocycles. The Morgan fingerprint density at radius 1 is 1.16 bits per heavy atom. The van der Waals surface area contributed by atoms with Gasteiger partial charge in [0.1, 0.15) is 0 Å². The van der Waals surface area contributed by atoms with E-state index in [0.717, 1.165) is 0 Å². The minimum absolute atomic E-state index is 0.0388. The maximum absolute atomic E-state index is 12.0. The molecule has 0 radical (unpaired) electrons. The zero-order valence-electron chi connectivity index (χ0n) is 13.0. The van der Waals surface area contributed by atoms with Gasteiger partial charge in [-0.15, -0.1) is 10.2 Å². The molecule has 0 unspecified atom stereocenters. The van der Waals surface area contributed by atoms with Crippen LogP contribution in [0.25, 0.3) is 11.5 Å². The zero-order chi connectivity index (χ0) is 17.8. The van der Waals surface area contributed by atoms with Crippen molar-refractivity contribution in [3.63, 3.8) is 0 Å². The number of pyridine rings is 1. The average molecular weight is 340 g/mol. The second kappa shape index (κ2) is 6.87. The molecule has 0 aliphatic carbocycles. The van der Waals surface area contributed by atoms with Crippen LogP contribution in [0.1, 0.15) is 29.3 Å². The number of rotatable bonds is 5. The monoisotopic (exact) mass is 340 g/mol. The number of hydrogen-bond acceptors (Lipinski definition) is 8. The Balaban J connectivity index is 1.72. The fourth-order valence-electron chi connectivity index (χ4n) is 2.01. The summed E-state index contributed by atoms with van der Waals surface area (Å²) in [6, 6.07) is 8.75. The van der Waals surface area contributed by atoms with E-state index >= 15 is 0 Å². The molecule has 0 saturated heterocycles. The Morgan fingerprint density at radius 2 is 1.84 bits per heavy atom. The van der Waals surface area contributed by atoms with Gasteiger partial charge in [-0.3, -0.25) is 15.1 Å². The van der Waals surface area contributed by atoms with Gasteiger partial charge in [0, 0.05) is 30.1 Å². The highest BCUT2D eigenvalue weighted by atomic mass is 16.6. The van der Waals surface area contributed by atoms with E-state index in [1.807, 2.05) is 0 Å². The van der Waals surface area contributed by atoms with Crippen molar-refractivity contribution in [3.05, 3.63) is 70.4 Å². The maximum Gasteiger partial charge on any atom is 0.339 e. The van der Waals surface area contributed by atoms with Crippen LogP contribution in [0.2, 0.25) is 0 Å². The SMILES string of the molecule is C[C@@H](OC(=O)c1ccncc1)c1nnc(-c2ccc([N+](=O)[O-])cc2)o1. The van der Waals surface area contributed by atoms with Gasteiger partial charge in [0.25, 0.3) is 11.6 Å². The van der Waals surface area contributed by atoms with Crippen LogP contribution in [0.5, 0.6) is 0 Å². The first-order chi connectivity index (χ1) is 12.0. The highest BCUT2D eigenvalue weighted by molar-refractivity contribution is 5.89. The highest BCUT2D eigenvalue weighted by Gasteiger charge is 2.20. The molecule has 1 atom stereocenters. The minimum Gasteiger partial charge on any atom is -0.449 e. The van der Waals surface area contributed by atoms with Crippen LogP contribution in [0.3, 0.4) is 0 Å². The molecule has 0 amide bonds. The third-order valence-electron chi connectivity index (χ3n) is 3.31. The molecule has 0 spiro atoms. The van der Waals surface area contributed by atoms with E-state index in [-0.39, 0.29) is 17.5 Å². The Hall–Kier alpha value is -3.62. The summed E-state index contributed by atoms with van der Waals surface area (Å²) in [4.78, 5) is 26.0. The molecule has 3 rings (SSSR count). The number of non-ortho nitro benzene ring substituents is 1. The van der Waals surface area contributed by atoms with E-state index < -0.39 is 17.0 Å². The van der Waals surface area contributed by atoms with Gasteiger partial charge in [0.15, 0.2) is 6.10 Å². The van der Waals surface area contributed by atoms with Crippen molar-refractivity contribution in [3.8, 4) is 11.5 Å². The molecule has 0 aliphatic heterocycles. The Kier molecular flexibility index (Phi) is 4.46. The van der Waals surface area contributed by atoms with Crippen LogP contribution in [-0.2, 0) is 4.74 Å². The topological polar surface area (TPSA) is 121 Å². The van der Waals surface area contributed by atoms with E-state index in [9.17, 15) is 14.9 Å². The number of nitrogens with zero attached hydrogens (tertiary/aromatic N) is 4. The van der Waals surface area contributed by atoms with Crippen molar-refractivity contribution in [2.75, 3.05) is 0 Å². The van der Waals surface area contributed by atoms with Crippen molar-refractivity contribution in [2.24, 2.45) is 0 Å². The van der Waals surface area contributed by atoms with Gasteiger partial charge < -0.3 is 9.15 Å². The lowest BCUT2D eigenvalue weighted by Gasteiger charge is -2.08. The van der Waals surface area contributed by atoms with Gasteiger partial charge in [-0.05, 0) is 31.2 Å². The Morgan fingerprint density at radius 3 is 2.48 bits per heavy atom. The number of nitro groups is 1. The summed E-state index contributed by atoms with van der Waals surface area (Å²) in [5.74, 6) is -0.238. The molecule has 9 heteroatoms. The summed E-state index contributed by atoms with van der Waals surface area (Å²) < 4.78 is 10.8. The molecular weight excluding hydrogens is 328 g/mol. The molecule has 0 aliphatic rings. The van der Waals surface area contributed by atoms with Crippen LogP contribution in [0, 0.1) is 10.1 Å². The number of carbonyl (C=O) groups excluding carboxylic acids is 1.